The lowest BCUT2D eigenvalue weighted by Crippen LogP contribution is -2.54. The molecule has 5 unspecified atom stereocenters. The Hall–Kier alpha value is -0.130. The third-order valence-corrected chi connectivity index (χ3v) is 5.45. The molecule has 20 heavy (non-hydrogen) atoms. The summed E-state index contributed by atoms with van der Waals surface area (Å²) in [6.45, 7) is 10.0. The molecule has 0 radical (unpaired) electrons. The normalized spacial score (nSPS) is 34.1. The van der Waals surface area contributed by atoms with Crippen LogP contribution in [0.2, 0.25) is 0 Å². The molecule has 3 heteroatoms. The first-order valence-electron chi connectivity index (χ1n) is 7.66. The molecule has 0 spiro atoms. The van der Waals surface area contributed by atoms with E-state index in [2.05, 4.69) is 79.9 Å². The maximum atomic E-state index is 6.17. The Balaban J connectivity index is 1.96. The Labute approximate surface area is 136 Å². The van der Waals surface area contributed by atoms with Crippen LogP contribution in [0.1, 0.15) is 39.7 Å². The van der Waals surface area contributed by atoms with Gasteiger partial charge in [-0.3, -0.25) is 0 Å². The fourth-order valence-electron chi connectivity index (χ4n) is 3.24. The summed E-state index contributed by atoms with van der Waals surface area (Å²) in [4.78, 5) is 0. The number of benzene rings is 1. The molecule has 1 heterocycles. The lowest BCUT2D eigenvalue weighted by atomic mass is 9.79. The topological polar surface area (TPSA) is 21.3 Å². The van der Waals surface area contributed by atoms with E-state index in [4.69, 9.17) is 4.74 Å². The van der Waals surface area contributed by atoms with E-state index in [9.17, 15) is 0 Å². The molecule has 2 nitrogen and oxygen atoms in total. The van der Waals surface area contributed by atoms with Crippen LogP contribution in [0.25, 0.3) is 0 Å². The molecule has 1 fully saturated rings. The van der Waals surface area contributed by atoms with Gasteiger partial charge in [0, 0.05) is 16.2 Å². The number of hydrogen-bond acceptors (Lipinski definition) is 2. The number of halogens is 1. The van der Waals surface area contributed by atoms with Crippen LogP contribution in [-0.2, 0) is 11.3 Å². The molecule has 1 saturated heterocycles. The van der Waals surface area contributed by atoms with Crippen molar-refractivity contribution < 1.29 is 4.74 Å². The zero-order chi connectivity index (χ0) is 14.7. The minimum atomic E-state index is 0.287. The monoisotopic (exact) mass is 387 g/mol. The number of ether oxygens (including phenoxy) is 1. The summed E-state index contributed by atoms with van der Waals surface area (Å²) < 4.78 is 7.46. The first kappa shape index (κ1) is 16.2. The molecule has 5 atom stereocenters. The van der Waals surface area contributed by atoms with Gasteiger partial charge in [0.2, 0.25) is 0 Å². The van der Waals surface area contributed by atoms with Crippen molar-refractivity contribution >= 4 is 22.6 Å². The SMILES string of the molecule is CCC1OC(C)C(NCc2ccc(I)cc2)C(C)C1C. The quantitative estimate of drug-likeness (QED) is 0.782. The second-order valence-electron chi connectivity index (χ2n) is 6.04. The molecule has 1 aliphatic rings. The van der Waals surface area contributed by atoms with Gasteiger partial charge < -0.3 is 10.1 Å². The number of rotatable bonds is 4. The van der Waals surface area contributed by atoms with Crippen LogP contribution in [0.4, 0.5) is 0 Å². The molecule has 0 amide bonds. The highest BCUT2D eigenvalue weighted by molar-refractivity contribution is 14.1. The maximum Gasteiger partial charge on any atom is 0.0706 e. The van der Waals surface area contributed by atoms with Crippen LogP contribution in [0, 0.1) is 15.4 Å². The van der Waals surface area contributed by atoms with Gasteiger partial charge in [-0.15, -0.1) is 0 Å². The Morgan fingerprint density at radius 1 is 1.10 bits per heavy atom. The van der Waals surface area contributed by atoms with Crippen LogP contribution in [0.5, 0.6) is 0 Å². The van der Waals surface area contributed by atoms with Gasteiger partial charge in [-0.05, 0) is 65.5 Å². The molecule has 2 rings (SSSR count). The molecule has 1 N–H and O–H groups in total. The Kier molecular flexibility index (Phi) is 5.87. The average Bonchev–Trinajstić information content (AvgIpc) is 2.44. The smallest absolute Gasteiger partial charge is 0.0706 e. The zero-order valence-electron chi connectivity index (χ0n) is 12.9. The largest absolute Gasteiger partial charge is 0.373 e. The summed E-state index contributed by atoms with van der Waals surface area (Å²) >= 11 is 2.34. The third-order valence-electron chi connectivity index (χ3n) is 4.73. The van der Waals surface area contributed by atoms with E-state index >= 15 is 0 Å². The highest BCUT2D eigenvalue weighted by Crippen LogP contribution is 2.32. The molecule has 1 aliphatic heterocycles. The Bertz CT molecular complexity index is 420. The average molecular weight is 387 g/mol. The Morgan fingerprint density at radius 2 is 1.75 bits per heavy atom. The van der Waals surface area contributed by atoms with Gasteiger partial charge in [-0.1, -0.05) is 32.9 Å². The summed E-state index contributed by atoms with van der Waals surface area (Å²) in [6.07, 6.45) is 1.81. The van der Waals surface area contributed by atoms with E-state index < -0.39 is 0 Å². The van der Waals surface area contributed by atoms with Gasteiger partial charge in [-0.25, -0.2) is 0 Å². The van der Waals surface area contributed by atoms with Crippen LogP contribution in [0.15, 0.2) is 24.3 Å². The molecule has 1 aromatic carbocycles. The van der Waals surface area contributed by atoms with Crippen molar-refractivity contribution in [3.8, 4) is 0 Å². The van der Waals surface area contributed by atoms with Crippen LogP contribution in [0.3, 0.4) is 0 Å². The lowest BCUT2D eigenvalue weighted by Gasteiger charge is -2.44. The fourth-order valence-corrected chi connectivity index (χ4v) is 3.59. The van der Waals surface area contributed by atoms with E-state index in [1.54, 1.807) is 0 Å². The fraction of sp³-hybridized carbons (Fsp3) is 0.647. The molecule has 112 valence electrons. The number of nitrogens with one attached hydrogen (secondary N) is 1. The second kappa shape index (κ2) is 7.23. The lowest BCUT2D eigenvalue weighted by molar-refractivity contribution is -0.114. The van der Waals surface area contributed by atoms with Crippen LogP contribution < -0.4 is 5.32 Å². The van der Waals surface area contributed by atoms with Crippen molar-refractivity contribution in [2.24, 2.45) is 11.8 Å². The van der Waals surface area contributed by atoms with Gasteiger partial charge >= 0.3 is 0 Å². The third kappa shape index (κ3) is 3.74. The van der Waals surface area contributed by atoms with Crippen molar-refractivity contribution in [3.63, 3.8) is 0 Å². The molecular formula is C17H26INO. The van der Waals surface area contributed by atoms with Crippen LogP contribution >= 0.6 is 22.6 Å². The molecule has 0 bridgehead atoms. The maximum absolute atomic E-state index is 6.17. The molecule has 0 aliphatic carbocycles. The second-order valence-corrected chi connectivity index (χ2v) is 7.28. The van der Waals surface area contributed by atoms with E-state index in [1.165, 1.54) is 9.13 Å². The summed E-state index contributed by atoms with van der Waals surface area (Å²) in [6, 6.07) is 9.17. The highest BCUT2D eigenvalue weighted by atomic mass is 127. The van der Waals surface area contributed by atoms with E-state index in [0.717, 1.165) is 13.0 Å². The van der Waals surface area contributed by atoms with Gasteiger partial charge in [0.1, 0.15) is 0 Å². The summed E-state index contributed by atoms with van der Waals surface area (Å²) in [5.41, 5.74) is 1.34. The molecular weight excluding hydrogens is 361 g/mol. The van der Waals surface area contributed by atoms with Crippen molar-refractivity contribution in [1.82, 2.24) is 5.32 Å². The standard InChI is InChI=1S/C17H26INO/c1-5-16-11(2)12(3)17(13(4)20-16)19-10-14-6-8-15(18)9-7-14/h6-9,11-13,16-17,19H,5,10H2,1-4H3. The minimum Gasteiger partial charge on any atom is -0.373 e. The first-order valence-corrected chi connectivity index (χ1v) is 8.74. The minimum absolute atomic E-state index is 0.287. The summed E-state index contributed by atoms with van der Waals surface area (Å²) in [5, 5.41) is 3.70. The van der Waals surface area contributed by atoms with Crippen molar-refractivity contribution in [3.05, 3.63) is 33.4 Å². The predicted octanol–water partition coefficient (Wildman–Crippen LogP) is 4.22. The zero-order valence-corrected chi connectivity index (χ0v) is 15.1. The van der Waals surface area contributed by atoms with Crippen molar-refractivity contribution in [1.29, 1.82) is 0 Å². The molecule has 0 saturated carbocycles. The van der Waals surface area contributed by atoms with Crippen molar-refractivity contribution in [2.75, 3.05) is 0 Å². The summed E-state index contributed by atoms with van der Waals surface area (Å²) in [5.74, 6) is 1.26. The number of hydrogen-bond donors (Lipinski definition) is 1. The van der Waals surface area contributed by atoms with E-state index in [1.807, 2.05) is 0 Å². The van der Waals surface area contributed by atoms with E-state index in [0.29, 0.717) is 24.0 Å². The predicted molar refractivity (Wildman–Crippen MR) is 92.7 cm³/mol. The van der Waals surface area contributed by atoms with Gasteiger partial charge in [-0.2, -0.15) is 0 Å². The van der Waals surface area contributed by atoms with E-state index in [-0.39, 0.29) is 6.10 Å². The Morgan fingerprint density at radius 3 is 2.35 bits per heavy atom. The summed E-state index contributed by atoms with van der Waals surface area (Å²) in [7, 11) is 0. The first-order chi connectivity index (χ1) is 9.52. The van der Waals surface area contributed by atoms with Gasteiger partial charge in [0.05, 0.1) is 12.2 Å². The molecule has 0 aromatic heterocycles. The molecule has 1 aromatic rings. The van der Waals surface area contributed by atoms with Gasteiger partial charge in [0.15, 0.2) is 0 Å². The van der Waals surface area contributed by atoms with Gasteiger partial charge in [0.25, 0.3) is 0 Å². The van der Waals surface area contributed by atoms with Crippen LogP contribution in [-0.4, -0.2) is 18.2 Å². The highest BCUT2D eigenvalue weighted by Gasteiger charge is 2.38. The van der Waals surface area contributed by atoms with Crippen molar-refractivity contribution in [2.45, 2.75) is 58.9 Å².